The monoisotopic (exact) mass is 350 g/mol. The number of hydrogen-bond donors (Lipinski definition) is 1. The Morgan fingerprint density at radius 3 is 2.38 bits per heavy atom. The van der Waals surface area contributed by atoms with Gasteiger partial charge in [0.25, 0.3) is 0 Å². The van der Waals surface area contributed by atoms with Crippen molar-refractivity contribution in [2.45, 2.75) is 24.8 Å². The number of nitrogens with zero attached hydrogens (tertiary/aromatic N) is 1. The van der Waals surface area contributed by atoms with Crippen molar-refractivity contribution < 1.29 is 0 Å². The first-order valence-corrected chi connectivity index (χ1v) is 6.86. The largest absolute Gasteiger partial charge is 0.325 e. The molecule has 4 heteroatoms. The molecule has 1 saturated heterocycles. The van der Waals surface area contributed by atoms with Crippen LogP contribution in [-0.2, 0) is 6.42 Å². The fraction of sp³-hybridized carbons (Fsp3) is 0.500. The second-order valence-electron chi connectivity index (χ2n) is 4.58. The van der Waals surface area contributed by atoms with Gasteiger partial charge in [-0.3, -0.25) is 0 Å². The van der Waals surface area contributed by atoms with Crippen LogP contribution in [0, 0.1) is 0 Å². The summed E-state index contributed by atoms with van der Waals surface area (Å²) in [4.78, 5) is 0. The summed E-state index contributed by atoms with van der Waals surface area (Å²) in [6.45, 7) is 2.18. The maximum absolute atomic E-state index is 6.43. The zero-order valence-corrected chi connectivity index (χ0v) is 12.0. The molecule has 1 aromatic carbocycles. The molecule has 2 rings (SSSR count). The zero-order chi connectivity index (χ0) is 11.6. The van der Waals surface area contributed by atoms with Crippen molar-refractivity contribution in [1.82, 2.24) is 3.11 Å². The Kier molecular flexibility index (Phi) is 4.11. The van der Waals surface area contributed by atoms with Crippen molar-refractivity contribution in [3.05, 3.63) is 34.9 Å². The Bertz CT molecular complexity index is 345. The van der Waals surface area contributed by atoms with Crippen LogP contribution in [0.15, 0.2) is 24.3 Å². The first kappa shape index (κ1) is 12.6. The number of benzene rings is 1. The number of halogens is 2. The van der Waals surface area contributed by atoms with E-state index in [-0.39, 0.29) is 5.54 Å². The molecular formula is C12H16ClIN2. The molecule has 0 bridgehead atoms. The quantitative estimate of drug-likeness (QED) is 0.656. The minimum Gasteiger partial charge on any atom is -0.325 e. The smallest absolute Gasteiger partial charge is 0.0406 e. The molecule has 88 valence electrons. The molecule has 0 aromatic heterocycles. The van der Waals surface area contributed by atoms with E-state index in [1.165, 1.54) is 5.56 Å². The summed E-state index contributed by atoms with van der Waals surface area (Å²) in [7, 11) is 0. The van der Waals surface area contributed by atoms with Crippen LogP contribution >= 0.6 is 34.5 Å². The molecule has 0 amide bonds. The fourth-order valence-electron chi connectivity index (χ4n) is 2.11. The zero-order valence-electron chi connectivity index (χ0n) is 9.13. The highest BCUT2D eigenvalue weighted by atomic mass is 127. The molecule has 0 unspecified atom stereocenters. The maximum atomic E-state index is 6.43. The second-order valence-corrected chi connectivity index (χ2v) is 6.38. The molecule has 0 radical (unpaired) electrons. The van der Waals surface area contributed by atoms with Crippen LogP contribution in [0.1, 0.15) is 18.4 Å². The normalized spacial score (nSPS) is 20.9. The second kappa shape index (κ2) is 5.21. The SMILES string of the molecule is NC1(Cc2ccc(Cl)cc2)CCN(I)CC1. The van der Waals surface area contributed by atoms with Gasteiger partial charge in [-0.25, -0.2) is 3.11 Å². The molecule has 2 N–H and O–H groups in total. The summed E-state index contributed by atoms with van der Waals surface area (Å²) < 4.78 is 2.31. The van der Waals surface area contributed by atoms with E-state index in [4.69, 9.17) is 17.3 Å². The predicted molar refractivity (Wildman–Crippen MR) is 76.9 cm³/mol. The molecule has 2 nitrogen and oxygen atoms in total. The van der Waals surface area contributed by atoms with Gasteiger partial charge in [0.05, 0.1) is 0 Å². The first-order valence-electron chi connectivity index (χ1n) is 5.51. The molecule has 0 spiro atoms. The predicted octanol–water partition coefficient (Wildman–Crippen LogP) is 3.03. The van der Waals surface area contributed by atoms with Gasteiger partial charge in [-0.15, -0.1) is 0 Å². The summed E-state index contributed by atoms with van der Waals surface area (Å²) in [6, 6.07) is 8.03. The van der Waals surface area contributed by atoms with Crippen molar-refractivity contribution >= 4 is 34.5 Å². The van der Waals surface area contributed by atoms with Crippen LogP contribution in [0.3, 0.4) is 0 Å². The Morgan fingerprint density at radius 2 is 1.81 bits per heavy atom. The minimum absolute atomic E-state index is 0.0322. The third-order valence-corrected chi connectivity index (χ3v) is 4.39. The van der Waals surface area contributed by atoms with E-state index in [1.54, 1.807) is 0 Å². The lowest BCUT2D eigenvalue weighted by molar-refractivity contribution is 0.259. The van der Waals surface area contributed by atoms with Crippen LogP contribution < -0.4 is 5.73 Å². The number of nitrogens with two attached hydrogens (primary N) is 1. The topological polar surface area (TPSA) is 29.3 Å². The average molecular weight is 351 g/mol. The van der Waals surface area contributed by atoms with E-state index in [2.05, 4.69) is 38.1 Å². The molecule has 1 fully saturated rings. The van der Waals surface area contributed by atoms with Crippen molar-refractivity contribution in [2.24, 2.45) is 5.73 Å². The van der Waals surface area contributed by atoms with E-state index >= 15 is 0 Å². The maximum Gasteiger partial charge on any atom is 0.0406 e. The lowest BCUT2D eigenvalue weighted by atomic mass is 9.83. The summed E-state index contributed by atoms with van der Waals surface area (Å²) >= 11 is 8.24. The van der Waals surface area contributed by atoms with Crippen LogP contribution in [-0.4, -0.2) is 21.7 Å². The van der Waals surface area contributed by atoms with E-state index in [9.17, 15) is 0 Å². The third kappa shape index (κ3) is 3.32. The number of hydrogen-bond acceptors (Lipinski definition) is 2. The molecule has 16 heavy (non-hydrogen) atoms. The van der Waals surface area contributed by atoms with E-state index in [0.717, 1.165) is 37.4 Å². The lowest BCUT2D eigenvalue weighted by Crippen LogP contribution is -2.49. The first-order chi connectivity index (χ1) is 7.57. The van der Waals surface area contributed by atoms with Crippen molar-refractivity contribution in [3.63, 3.8) is 0 Å². The van der Waals surface area contributed by atoms with Crippen LogP contribution in [0.25, 0.3) is 0 Å². The Hall–Kier alpha value is 0.160. The highest BCUT2D eigenvalue weighted by Crippen LogP contribution is 2.26. The van der Waals surface area contributed by atoms with Gasteiger partial charge >= 0.3 is 0 Å². The van der Waals surface area contributed by atoms with Gasteiger partial charge < -0.3 is 5.73 Å². The van der Waals surface area contributed by atoms with Crippen LogP contribution in [0.2, 0.25) is 5.02 Å². The Morgan fingerprint density at radius 1 is 1.25 bits per heavy atom. The van der Waals surface area contributed by atoms with Crippen molar-refractivity contribution in [2.75, 3.05) is 13.1 Å². The van der Waals surface area contributed by atoms with Gasteiger partial charge in [0.1, 0.15) is 0 Å². The highest BCUT2D eigenvalue weighted by molar-refractivity contribution is 14.1. The fourth-order valence-corrected chi connectivity index (χ4v) is 2.72. The van der Waals surface area contributed by atoms with E-state index < -0.39 is 0 Å². The Balaban J connectivity index is 2.00. The molecule has 1 aromatic rings. The molecule has 1 aliphatic heterocycles. The Labute approximate surface area is 116 Å². The molecular weight excluding hydrogens is 335 g/mol. The highest BCUT2D eigenvalue weighted by Gasteiger charge is 2.29. The van der Waals surface area contributed by atoms with Crippen molar-refractivity contribution in [1.29, 1.82) is 0 Å². The van der Waals surface area contributed by atoms with Gasteiger partial charge in [0.15, 0.2) is 0 Å². The molecule has 0 atom stereocenters. The summed E-state index contributed by atoms with van der Waals surface area (Å²) in [5.41, 5.74) is 7.68. The molecule has 0 aliphatic carbocycles. The summed E-state index contributed by atoms with van der Waals surface area (Å²) in [5.74, 6) is 0. The standard InChI is InChI=1S/C12H16ClIN2/c13-11-3-1-10(2-4-11)9-12(15)5-7-16(14)8-6-12/h1-4H,5-9,15H2. The molecule has 1 heterocycles. The van der Waals surface area contributed by atoms with E-state index in [1.807, 2.05) is 12.1 Å². The van der Waals surface area contributed by atoms with Gasteiger partial charge in [-0.2, -0.15) is 0 Å². The minimum atomic E-state index is -0.0322. The molecule has 1 aliphatic rings. The third-order valence-electron chi connectivity index (χ3n) is 3.17. The van der Waals surface area contributed by atoms with Crippen LogP contribution in [0.4, 0.5) is 0 Å². The lowest BCUT2D eigenvalue weighted by Gasteiger charge is -2.36. The summed E-state index contributed by atoms with van der Waals surface area (Å²) in [6.07, 6.45) is 3.09. The number of piperidine rings is 1. The van der Waals surface area contributed by atoms with Gasteiger partial charge in [0.2, 0.25) is 0 Å². The molecule has 0 saturated carbocycles. The van der Waals surface area contributed by atoms with Gasteiger partial charge in [-0.1, -0.05) is 23.7 Å². The average Bonchev–Trinajstić information content (AvgIpc) is 2.27. The van der Waals surface area contributed by atoms with E-state index in [0.29, 0.717) is 0 Å². The number of rotatable bonds is 2. The van der Waals surface area contributed by atoms with Crippen LogP contribution in [0.5, 0.6) is 0 Å². The van der Waals surface area contributed by atoms with Gasteiger partial charge in [-0.05, 0) is 37.0 Å². The van der Waals surface area contributed by atoms with Gasteiger partial charge in [0, 0.05) is 46.5 Å². The van der Waals surface area contributed by atoms with Crippen molar-refractivity contribution in [3.8, 4) is 0 Å². The summed E-state index contributed by atoms with van der Waals surface area (Å²) in [5, 5.41) is 0.789.